The van der Waals surface area contributed by atoms with Crippen LogP contribution in [-0.2, 0) is 4.79 Å². The Morgan fingerprint density at radius 2 is 2.00 bits per heavy atom. The second kappa shape index (κ2) is 3.42. The fraction of sp³-hybridized carbons (Fsp3) is 0.250. The molecule has 0 radical (unpaired) electrons. The zero-order valence-electron chi connectivity index (χ0n) is 8.73. The Balaban J connectivity index is 2.29. The molecule has 15 heavy (non-hydrogen) atoms. The minimum absolute atomic E-state index is 0.114. The molecule has 0 bridgehead atoms. The van der Waals surface area contributed by atoms with E-state index in [-0.39, 0.29) is 11.8 Å². The summed E-state index contributed by atoms with van der Waals surface area (Å²) in [7, 11) is 1.77. The van der Waals surface area contributed by atoms with Crippen LogP contribution in [0.5, 0.6) is 0 Å². The predicted octanol–water partition coefficient (Wildman–Crippen LogP) is 1.73. The molecule has 1 unspecified atom stereocenters. The summed E-state index contributed by atoms with van der Waals surface area (Å²) < 4.78 is 0. The van der Waals surface area contributed by atoms with Gasteiger partial charge < -0.3 is 10.6 Å². The molecule has 0 aliphatic carbocycles. The summed E-state index contributed by atoms with van der Waals surface area (Å²) in [5.41, 5.74) is 8.32. The average molecular weight is 202 g/mol. The van der Waals surface area contributed by atoms with Gasteiger partial charge in [-0.15, -0.1) is 0 Å². The molecule has 2 N–H and O–H groups in total. The third kappa shape index (κ3) is 1.61. The number of hydrogen-bond donors (Lipinski definition) is 1. The van der Waals surface area contributed by atoms with E-state index >= 15 is 0 Å². The molecule has 1 amide bonds. The Kier molecular flexibility index (Phi) is 2.23. The van der Waals surface area contributed by atoms with Crippen LogP contribution >= 0.6 is 0 Å². The Morgan fingerprint density at radius 3 is 2.47 bits per heavy atom. The highest BCUT2D eigenvalue weighted by Gasteiger charge is 2.31. The number of anilines is 1. The number of nitrogen functional groups attached to an aromatic ring is 1. The van der Waals surface area contributed by atoms with E-state index in [9.17, 15) is 4.79 Å². The van der Waals surface area contributed by atoms with Gasteiger partial charge in [0.1, 0.15) is 0 Å². The van der Waals surface area contributed by atoms with Gasteiger partial charge in [0.15, 0.2) is 0 Å². The van der Waals surface area contributed by atoms with Crippen molar-refractivity contribution in [2.24, 2.45) is 0 Å². The lowest BCUT2D eigenvalue weighted by Crippen LogP contribution is -2.16. The van der Waals surface area contributed by atoms with Crippen LogP contribution in [0.25, 0.3) is 0 Å². The van der Waals surface area contributed by atoms with Crippen LogP contribution in [0.2, 0.25) is 0 Å². The SMILES string of the molecule is C=C1C(c2ccc(N)cc2)CC(=O)N1C. The summed E-state index contributed by atoms with van der Waals surface area (Å²) in [6.07, 6.45) is 0.513. The number of nitrogens with zero attached hydrogens (tertiary/aromatic N) is 1. The van der Waals surface area contributed by atoms with Gasteiger partial charge in [0.25, 0.3) is 0 Å². The second-order valence-electron chi connectivity index (χ2n) is 3.87. The van der Waals surface area contributed by atoms with Gasteiger partial charge in [-0.3, -0.25) is 4.79 Å². The van der Waals surface area contributed by atoms with Crippen molar-refractivity contribution >= 4 is 11.6 Å². The van der Waals surface area contributed by atoms with Crippen LogP contribution in [0.4, 0.5) is 5.69 Å². The molecule has 1 aliphatic rings. The van der Waals surface area contributed by atoms with Crippen molar-refractivity contribution in [3.63, 3.8) is 0 Å². The number of carbonyl (C=O) groups is 1. The minimum Gasteiger partial charge on any atom is -0.399 e. The molecule has 0 aromatic heterocycles. The lowest BCUT2D eigenvalue weighted by molar-refractivity contribution is -0.125. The number of hydrogen-bond acceptors (Lipinski definition) is 2. The smallest absolute Gasteiger partial charge is 0.227 e. The average Bonchev–Trinajstić information content (AvgIpc) is 2.47. The van der Waals surface area contributed by atoms with Gasteiger partial charge in [-0.1, -0.05) is 18.7 Å². The molecule has 1 heterocycles. The van der Waals surface area contributed by atoms with Crippen molar-refractivity contribution in [3.8, 4) is 0 Å². The van der Waals surface area contributed by atoms with Crippen molar-refractivity contribution in [2.75, 3.05) is 12.8 Å². The molecule has 1 saturated heterocycles. The number of allylic oxidation sites excluding steroid dienone is 1. The van der Waals surface area contributed by atoms with E-state index in [1.807, 2.05) is 24.3 Å². The molecule has 78 valence electrons. The fourth-order valence-corrected chi connectivity index (χ4v) is 1.86. The number of likely N-dealkylation sites (N-methyl/N-ethyl adjacent to an activating group) is 1. The Morgan fingerprint density at radius 1 is 1.40 bits per heavy atom. The molecule has 0 saturated carbocycles. The van der Waals surface area contributed by atoms with E-state index in [1.54, 1.807) is 11.9 Å². The first-order valence-electron chi connectivity index (χ1n) is 4.90. The maximum atomic E-state index is 11.5. The van der Waals surface area contributed by atoms with Gasteiger partial charge in [0, 0.05) is 30.8 Å². The van der Waals surface area contributed by atoms with Crippen LogP contribution < -0.4 is 5.73 Å². The largest absolute Gasteiger partial charge is 0.399 e. The van der Waals surface area contributed by atoms with Gasteiger partial charge in [-0.05, 0) is 17.7 Å². The van der Waals surface area contributed by atoms with E-state index in [4.69, 9.17) is 5.73 Å². The highest BCUT2D eigenvalue weighted by Crippen LogP contribution is 2.35. The number of likely N-dealkylation sites (tertiary alicyclic amines) is 1. The summed E-state index contributed by atoms with van der Waals surface area (Å²) in [5, 5.41) is 0. The predicted molar refractivity (Wildman–Crippen MR) is 60.1 cm³/mol. The molecule has 1 atom stereocenters. The highest BCUT2D eigenvalue weighted by atomic mass is 16.2. The fourth-order valence-electron chi connectivity index (χ4n) is 1.86. The van der Waals surface area contributed by atoms with Crippen LogP contribution in [0.3, 0.4) is 0 Å². The Hall–Kier alpha value is -1.77. The number of amides is 1. The van der Waals surface area contributed by atoms with E-state index in [0.29, 0.717) is 6.42 Å². The van der Waals surface area contributed by atoms with Crippen LogP contribution in [0.15, 0.2) is 36.5 Å². The zero-order chi connectivity index (χ0) is 11.0. The number of nitrogens with two attached hydrogens (primary N) is 1. The Bertz CT molecular complexity index is 408. The van der Waals surface area contributed by atoms with E-state index < -0.39 is 0 Å². The van der Waals surface area contributed by atoms with Gasteiger partial charge in [-0.25, -0.2) is 0 Å². The number of rotatable bonds is 1. The molecule has 3 heteroatoms. The summed E-state index contributed by atoms with van der Waals surface area (Å²) in [5.74, 6) is 0.241. The molecule has 1 aliphatic heterocycles. The van der Waals surface area contributed by atoms with E-state index in [0.717, 1.165) is 16.9 Å². The van der Waals surface area contributed by atoms with Gasteiger partial charge >= 0.3 is 0 Å². The third-order valence-corrected chi connectivity index (χ3v) is 2.92. The van der Waals surface area contributed by atoms with Crippen LogP contribution in [-0.4, -0.2) is 17.9 Å². The van der Waals surface area contributed by atoms with E-state index in [1.165, 1.54) is 0 Å². The normalized spacial score (nSPS) is 21.1. The minimum atomic E-state index is 0.114. The van der Waals surface area contributed by atoms with Crippen molar-refractivity contribution in [1.82, 2.24) is 4.90 Å². The third-order valence-electron chi connectivity index (χ3n) is 2.92. The summed E-state index contributed by atoms with van der Waals surface area (Å²) >= 11 is 0. The quantitative estimate of drug-likeness (QED) is 0.705. The highest BCUT2D eigenvalue weighted by molar-refractivity contribution is 5.83. The first kappa shape index (κ1) is 9.77. The van der Waals surface area contributed by atoms with Crippen molar-refractivity contribution in [1.29, 1.82) is 0 Å². The topological polar surface area (TPSA) is 46.3 Å². The van der Waals surface area contributed by atoms with E-state index in [2.05, 4.69) is 6.58 Å². The summed E-state index contributed by atoms with van der Waals surface area (Å²) in [6, 6.07) is 7.62. The van der Waals surface area contributed by atoms with Crippen molar-refractivity contribution < 1.29 is 4.79 Å². The van der Waals surface area contributed by atoms with Crippen molar-refractivity contribution in [3.05, 3.63) is 42.1 Å². The monoisotopic (exact) mass is 202 g/mol. The molecular formula is C12H14N2O. The molecule has 1 aromatic carbocycles. The first-order valence-corrected chi connectivity index (χ1v) is 4.90. The zero-order valence-corrected chi connectivity index (χ0v) is 8.73. The lowest BCUT2D eigenvalue weighted by atomic mass is 9.96. The lowest BCUT2D eigenvalue weighted by Gasteiger charge is -2.14. The molecule has 2 rings (SSSR count). The maximum Gasteiger partial charge on any atom is 0.227 e. The van der Waals surface area contributed by atoms with Gasteiger partial charge in [-0.2, -0.15) is 0 Å². The molecule has 1 fully saturated rings. The van der Waals surface area contributed by atoms with Gasteiger partial charge in [0.2, 0.25) is 5.91 Å². The molecule has 0 spiro atoms. The Labute approximate surface area is 89.2 Å². The maximum absolute atomic E-state index is 11.5. The summed E-state index contributed by atoms with van der Waals surface area (Å²) in [6.45, 7) is 3.94. The number of benzene rings is 1. The van der Waals surface area contributed by atoms with Crippen LogP contribution in [0.1, 0.15) is 17.9 Å². The molecule has 3 nitrogen and oxygen atoms in total. The number of carbonyl (C=O) groups excluding carboxylic acids is 1. The van der Waals surface area contributed by atoms with Crippen LogP contribution in [0, 0.1) is 0 Å². The second-order valence-corrected chi connectivity index (χ2v) is 3.87. The standard InChI is InChI=1S/C12H14N2O/c1-8-11(7-12(15)14(8)2)9-3-5-10(13)6-4-9/h3-6,11H,1,7,13H2,2H3. The first-order chi connectivity index (χ1) is 7.09. The molecular weight excluding hydrogens is 188 g/mol. The van der Waals surface area contributed by atoms with Gasteiger partial charge in [0.05, 0.1) is 0 Å². The van der Waals surface area contributed by atoms with Crippen molar-refractivity contribution in [2.45, 2.75) is 12.3 Å². The molecule has 1 aromatic rings. The summed E-state index contributed by atoms with van der Waals surface area (Å²) in [4.78, 5) is 13.1.